The van der Waals surface area contributed by atoms with Gasteiger partial charge in [-0.25, -0.2) is 8.42 Å². The fraction of sp³-hybridized carbons (Fsp3) is 0.300. The molecule has 1 aliphatic rings. The number of aryl methyl sites for hydroxylation is 1. The predicted octanol–water partition coefficient (Wildman–Crippen LogP) is 2.90. The molecule has 0 saturated heterocycles. The second-order valence-corrected chi connectivity index (χ2v) is 8.48. The maximum absolute atomic E-state index is 12.9. The zero-order valence-corrected chi connectivity index (χ0v) is 16.6. The van der Waals surface area contributed by atoms with E-state index in [1.54, 1.807) is 36.4 Å². The van der Waals surface area contributed by atoms with E-state index >= 15 is 0 Å². The number of rotatable bonds is 6. The Morgan fingerprint density at radius 2 is 1.93 bits per heavy atom. The molecule has 148 valence electrons. The molecular formula is C20H23N3O4S. The number of nitrogens with one attached hydrogen (secondary N) is 3. The average molecular weight is 401 g/mol. The summed E-state index contributed by atoms with van der Waals surface area (Å²) >= 11 is 0. The molecule has 0 aliphatic carbocycles. The average Bonchev–Trinajstić information content (AvgIpc) is 2.67. The van der Waals surface area contributed by atoms with Crippen LogP contribution in [0.3, 0.4) is 0 Å². The van der Waals surface area contributed by atoms with E-state index in [2.05, 4.69) is 15.4 Å². The van der Waals surface area contributed by atoms with E-state index in [9.17, 15) is 18.0 Å². The third kappa shape index (κ3) is 4.33. The van der Waals surface area contributed by atoms with Gasteiger partial charge in [0, 0.05) is 18.2 Å². The van der Waals surface area contributed by atoms with Crippen LogP contribution in [-0.4, -0.2) is 26.3 Å². The number of para-hydroxylation sites is 1. The maximum atomic E-state index is 12.9. The van der Waals surface area contributed by atoms with Crippen molar-refractivity contribution in [1.29, 1.82) is 0 Å². The lowest BCUT2D eigenvalue weighted by molar-refractivity contribution is -0.116. The minimum absolute atomic E-state index is 0.0204. The predicted molar refractivity (Wildman–Crippen MR) is 108 cm³/mol. The number of benzene rings is 2. The largest absolute Gasteiger partial charge is 0.350 e. The van der Waals surface area contributed by atoms with Crippen LogP contribution >= 0.6 is 0 Å². The Labute approximate surface area is 164 Å². The second-order valence-electron chi connectivity index (χ2n) is 6.80. The van der Waals surface area contributed by atoms with Crippen LogP contribution in [0, 0.1) is 0 Å². The molecule has 28 heavy (non-hydrogen) atoms. The normalized spacial score (nSPS) is 14.6. The maximum Gasteiger partial charge on any atom is 0.261 e. The number of amides is 2. The van der Waals surface area contributed by atoms with E-state index in [0.29, 0.717) is 18.5 Å². The number of carbonyl (C=O) groups excluding carboxylic acids is 2. The molecular weight excluding hydrogens is 378 g/mol. The Morgan fingerprint density at radius 3 is 2.68 bits per heavy atom. The van der Waals surface area contributed by atoms with Crippen molar-refractivity contribution in [1.82, 2.24) is 5.32 Å². The summed E-state index contributed by atoms with van der Waals surface area (Å²) in [5.41, 5.74) is 1.87. The Bertz CT molecular complexity index is 1020. The van der Waals surface area contributed by atoms with Gasteiger partial charge in [-0.1, -0.05) is 19.1 Å². The molecule has 8 heteroatoms. The zero-order chi connectivity index (χ0) is 20.3. The van der Waals surface area contributed by atoms with E-state index in [0.717, 1.165) is 12.0 Å². The van der Waals surface area contributed by atoms with E-state index in [1.807, 2.05) is 13.8 Å². The molecule has 3 N–H and O–H groups in total. The van der Waals surface area contributed by atoms with E-state index < -0.39 is 10.0 Å². The van der Waals surface area contributed by atoms with Gasteiger partial charge in [0.2, 0.25) is 5.91 Å². The van der Waals surface area contributed by atoms with Crippen LogP contribution < -0.4 is 15.4 Å². The molecule has 1 atom stereocenters. The van der Waals surface area contributed by atoms with Crippen molar-refractivity contribution in [3.05, 3.63) is 53.6 Å². The third-order valence-electron chi connectivity index (χ3n) is 4.69. The standard InChI is InChI=1S/C20H23N3O4S/c1-3-13(2)21-20(25)16-6-4-5-7-18(16)23-28(26,27)15-9-10-17-14(12-15)8-11-19(24)22-17/h4-7,9-10,12-13,23H,3,8,11H2,1-2H3,(H,21,25)(H,22,24)/t13-/m0/s1. The zero-order valence-electron chi connectivity index (χ0n) is 15.8. The van der Waals surface area contributed by atoms with Crippen molar-refractivity contribution in [2.24, 2.45) is 0 Å². The van der Waals surface area contributed by atoms with Gasteiger partial charge in [-0.2, -0.15) is 0 Å². The molecule has 1 aliphatic heterocycles. The van der Waals surface area contributed by atoms with E-state index in [-0.39, 0.29) is 34.0 Å². The summed E-state index contributed by atoms with van der Waals surface area (Å²) in [5.74, 6) is -0.414. The van der Waals surface area contributed by atoms with Gasteiger partial charge in [0.15, 0.2) is 0 Å². The lowest BCUT2D eigenvalue weighted by Crippen LogP contribution is -2.32. The number of hydrogen-bond acceptors (Lipinski definition) is 4. The summed E-state index contributed by atoms with van der Waals surface area (Å²) in [6.45, 7) is 3.84. The first kappa shape index (κ1) is 19.9. The molecule has 0 saturated carbocycles. The smallest absolute Gasteiger partial charge is 0.261 e. The highest BCUT2D eigenvalue weighted by molar-refractivity contribution is 7.92. The molecule has 1 heterocycles. The number of hydrogen-bond donors (Lipinski definition) is 3. The van der Waals surface area contributed by atoms with Gasteiger partial charge in [-0.3, -0.25) is 14.3 Å². The fourth-order valence-corrected chi connectivity index (χ4v) is 4.03. The molecule has 0 unspecified atom stereocenters. The second kappa shape index (κ2) is 8.02. The highest BCUT2D eigenvalue weighted by atomic mass is 32.2. The van der Waals surface area contributed by atoms with Gasteiger partial charge in [0.1, 0.15) is 0 Å². The fourth-order valence-electron chi connectivity index (χ4n) is 2.90. The van der Waals surface area contributed by atoms with Crippen LogP contribution in [0.1, 0.15) is 42.6 Å². The molecule has 0 radical (unpaired) electrons. The molecule has 0 spiro atoms. The van der Waals surface area contributed by atoms with Crippen LogP contribution in [0.5, 0.6) is 0 Å². The molecule has 0 aromatic heterocycles. The van der Waals surface area contributed by atoms with Crippen LogP contribution in [-0.2, 0) is 21.2 Å². The monoisotopic (exact) mass is 401 g/mol. The molecule has 0 fully saturated rings. The lowest BCUT2D eigenvalue weighted by Gasteiger charge is -2.18. The van der Waals surface area contributed by atoms with Gasteiger partial charge in [-0.05, 0) is 55.7 Å². The van der Waals surface area contributed by atoms with Gasteiger partial charge in [0.25, 0.3) is 15.9 Å². The Balaban J connectivity index is 1.87. The minimum Gasteiger partial charge on any atom is -0.350 e. The number of carbonyl (C=O) groups is 2. The van der Waals surface area contributed by atoms with Crippen molar-refractivity contribution < 1.29 is 18.0 Å². The van der Waals surface area contributed by atoms with Gasteiger partial charge >= 0.3 is 0 Å². The number of anilines is 2. The Kier molecular flexibility index (Phi) is 5.69. The summed E-state index contributed by atoms with van der Waals surface area (Å²) in [6.07, 6.45) is 1.58. The minimum atomic E-state index is -3.89. The molecule has 2 aromatic rings. The molecule has 2 amide bonds. The van der Waals surface area contributed by atoms with Crippen molar-refractivity contribution >= 4 is 33.2 Å². The number of sulfonamides is 1. The van der Waals surface area contributed by atoms with E-state index in [1.165, 1.54) is 6.07 Å². The molecule has 7 nitrogen and oxygen atoms in total. The highest BCUT2D eigenvalue weighted by Crippen LogP contribution is 2.27. The summed E-state index contributed by atoms with van der Waals surface area (Å²) in [6, 6.07) is 11.0. The molecule has 3 rings (SSSR count). The first-order valence-corrected chi connectivity index (χ1v) is 10.6. The summed E-state index contributed by atoms with van der Waals surface area (Å²) < 4.78 is 28.3. The number of fused-ring (bicyclic) bond motifs is 1. The van der Waals surface area contributed by atoms with Crippen molar-refractivity contribution in [3.8, 4) is 0 Å². The van der Waals surface area contributed by atoms with E-state index in [4.69, 9.17) is 0 Å². The van der Waals surface area contributed by atoms with Gasteiger partial charge < -0.3 is 10.6 Å². The third-order valence-corrected chi connectivity index (χ3v) is 6.05. The summed E-state index contributed by atoms with van der Waals surface area (Å²) in [5, 5.41) is 5.57. The van der Waals surface area contributed by atoms with Crippen LogP contribution in [0.15, 0.2) is 47.4 Å². The summed E-state index contributed by atoms with van der Waals surface area (Å²) in [4.78, 5) is 24.0. The van der Waals surface area contributed by atoms with Crippen LogP contribution in [0.2, 0.25) is 0 Å². The Morgan fingerprint density at radius 1 is 1.18 bits per heavy atom. The highest BCUT2D eigenvalue weighted by Gasteiger charge is 2.22. The quantitative estimate of drug-likeness (QED) is 0.692. The molecule has 2 aromatic carbocycles. The van der Waals surface area contributed by atoms with Crippen molar-refractivity contribution in [2.45, 2.75) is 44.0 Å². The van der Waals surface area contributed by atoms with Crippen molar-refractivity contribution in [3.63, 3.8) is 0 Å². The summed E-state index contributed by atoms with van der Waals surface area (Å²) in [7, 11) is -3.89. The first-order valence-electron chi connectivity index (χ1n) is 9.15. The van der Waals surface area contributed by atoms with Crippen molar-refractivity contribution in [2.75, 3.05) is 10.0 Å². The first-order chi connectivity index (χ1) is 13.3. The van der Waals surface area contributed by atoms with Gasteiger partial charge in [-0.15, -0.1) is 0 Å². The van der Waals surface area contributed by atoms with Gasteiger partial charge in [0.05, 0.1) is 16.1 Å². The van der Waals surface area contributed by atoms with Crippen LogP contribution in [0.4, 0.5) is 11.4 Å². The Hall–Kier alpha value is -2.87. The molecule has 0 bridgehead atoms. The van der Waals surface area contributed by atoms with Crippen LogP contribution in [0.25, 0.3) is 0 Å². The SMILES string of the molecule is CC[C@H](C)NC(=O)c1ccccc1NS(=O)(=O)c1ccc2c(c1)CCC(=O)N2. The topological polar surface area (TPSA) is 104 Å². The lowest BCUT2D eigenvalue weighted by atomic mass is 10.0.